The van der Waals surface area contributed by atoms with Crippen molar-refractivity contribution in [1.29, 1.82) is 0 Å². The zero-order valence-electron chi connectivity index (χ0n) is 27.3. The molecule has 10 atom stereocenters. The molecule has 40 heavy (non-hydrogen) atoms. The number of rotatable bonds is 4. The molecule has 5 rings (SSSR count). The highest BCUT2D eigenvalue weighted by Gasteiger charge is 2.68. The van der Waals surface area contributed by atoms with Gasteiger partial charge >= 0.3 is 11.9 Å². The fourth-order valence-electron chi connectivity index (χ4n) is 11.7. The molecule has 5 aliphatic rings. The Labute approximate surface area is 244 Å². The Balaban J connectivity index is 1.43. The maximum absolute atomic E-state index is 12.9. The number of ether oxygens (including phenoxy) is 1. The third-order valence-electron chi connectivity index (χ3n) is 14.8. The molecule has 226 valence electrons. The third kappa shape index (κ3) is 4.10. The van der Waals surface area contributed by atoms with Crippen LogP contribution in [0.1, 0.15) is 133 Å². The third-order valence-corrected chi connectivity index (χ3v) is 14.8. The molecule has 0 aromatic carbocycles. The van der Waals surface area contributed by atoms with E-state index in [4.69, 9.17) is 4.74 Å². The quantitative estimate of drug-likeness (QED) is 0.278. The summed E-state index contributed by atoms with van der Waals surface area (Å²) in [5.41, 5.74) is 1.79. The first-order chi connectivity index (χ1) is 18.3. The summed E-state index contributed by atoms with van der Waals surface area (Å²) in [6.45, 7) is 23.4. The summed E-state index contributed by atoms with van der Waals surface area (Å²) in [6, 6.07) is 0. The highest BCUT2D eigenvalue weighted by Crippen LogP contribution is 2.75. The lowest BCUT2D eigenvalue weighted by Gasteiger charge is -2.71. The van der Waals surface area contributed by atoms with E-state index >= 15 is 0 Å². The minimum atomic E-state index is -1.11. The lowest BCUT2D eigenvalue weighted by atomic mass is 9.33. The van der Waals surface area contributed by atoms with Gasteiger partial charge in [-0.25, -0.2) is 0 Å². The maximum atomic E-state index is 12.9. The van der Waals surface area contributed by atoms with E-state index in [1.54, 1.807) is 13.8 Å². The van der Waals surface area contributed by atoms with Crippen molar-refractivity contribution in [2.45, 2.75) is 140 Å². The number of carbonyl (C=O) groups is 2. The molecule has 0 aromatic heterocycles. The number of aliphatic carboxylic acids is 1. The minimum Gasteiger partial charge on any atom is -0.481 e. The summed E-state index contributed by atoms with van der Waals surface area (Å²) < 4.78 is 6.13. The molecule has 0 radical (unpaired) electrons. The van der Waals surface area contributed by atoms with Crippen molar-refractivity contribution < 1.29 is 19.4 Å². The van der Waals surface area contributed by atoms with Crippen molar-refractivity contribution in [1.82, 2.24) is 0 Å². The topological polar surface area (TPSA) is 63.6 Å². The highest BCUT2D eigenvalue weighted by molar-refractivity contribution is 5.81. The monoisotopic (exact) mass is 554 g/mol. The van der Waals surface area contributed by atoms with Crippen LogP contribution in [-0.4, -0.2) is 23.1 Å². The number of allylic oxidation sites excluding steroid dienone is 2. The number of carboxylic acids is 1. The molecule has 1 N–H and O–H groups in total. The van der Waals surface area contributed by atoms with Crippen LogP contribution in [0.4, 0.5) is 0 Å². The molecule has 4 heteroatoms. The summed E-state index contributed by atoms with van der Waals surface area (Å²) in [5.74, 6) is 2.08. The second-order valence-electron chi connectivity index (χ2n) is 17.5. The first kappa shape index (κ1) is 30.1. The average molecular weight is 555 g/mol. The van der Waals surface area contributed by atoms with Crippen LogP contribution in [0.3, 0.4) is 0 Å². The van der Waals surface area contributed by atoms with Crippen LogP contribution in [0.25, 0.3) is 0 Å². The van der Waals surface area contributed by atoms with Gasteiger partial charge < -0.3 is 9.84 Å². The Kier molecular flexibility index (Phi) is 7.04. The zero-order chi connectivity index (χ0) is 29.7. The first-order valence-corrected chi connectivity index (χ1v) is 16.5. The standard InChI is InChI=1S/C36H58O4/c1-22-13-16-33(7)19-20-35(9)24(29(33)23(22)2)11-12-26-34(8)17-15-27(40-28(37)21-31(3,4)30(38)39)32(5,6)25(34)14-18-36(26,35)10/h11,22-23,25-27,29H,12-21H2,1-10H3,(H,38,39)/t22-,23+,25+,26-,27+,29+,33?,34+,35-,36-/m1/s1. The maximum Gasteiger partial charge on any atom is 0.309 e. The number of carboxylic acid groups (broad SMARTS) is 1. The Bertz CT molecular complexity index is 1090. The molecule has 4 saturated carbocycles. The summed E-state index contributed by atoms with van der Waals surface area (Å²) >= 11 is 0. The predicted molar refractivity (Wildman–Crippen MR) is 161 cm³/mol. The average Bonchev–Trinajstić information content (AvgIpc) is 2.84. The van der Waals surface area contributed by atoms with Gasteiger partial charge in [-0.3, -0.25) is 9.59 Å². The summed E-state index contributed by atoms with van der Waals surface area (Å²) in [5, 5.41) is 9.52. The van der Waals surface area contributed by atoms with Crippen LogP contribution >= 0.6 is 0 Å². The minimum absolute atomic E-state index is 0.0827. The van der Waals surface area contributed by atoms with E-state index in [2.05, 4.69) is 61.5 Å². The van der Waals surface area contributed by atoms with Crippen molar-refractivity contribution in [3.05, 3.63) is 11.6 Å². The molecule has 0 saturated heterocycles. The first-order valence-electron chi connectivity index (χ1n) is 16.5. The van der Waals surface area contributed by atoms with E-state index in [1.807, 2.05) is 5.57 Å². The van der Waals surface area contributed by atoms with Crippen LogP contribution in [-0.2, 0) is 14.3 Å². The number of carbonyl (C=O) groups excluding carboxylic acids is 1. The molecule has 5 aliphatic carbocycles. The largest absolute Gasteiger partial charge is 0.481 e. The molecule has 0 spiro atoms. The molecule has 4 nitrogen and oxygen atoms in total. The van der Waals surface area contributed by atoms with Crippen molar-refractivity contribution in [2.24, 2.45) is 62.1 Å². The number of fused-ring (bicyclic) bond motifs is 7. The lowest BCUT2D eigenvalue weighted by molar-refractivity contribution is -0.214. The van der Waals surface area contributed by atoms with Gasteiger partial charge in [0.1, 0.15) is 6.10 Å². The van der Waals surface area contributed by atoms with Crippen molar-refractivity contribution in [2.75, 3.05) is 0 Å². The summed E-state index contributed by atoms with van der Waals surface area (Å²) in [7, 11) is 0. The fourth-order valence-corrected chi connectivity index (χ4v) is 11.7. The van der Waals surface area contributed by atoms with Gasteiger partial charge in [0.05, 0.1) is 11.8 Å². The zero-order valence-corrected chi connectivity index (χ0v) is 27.3. The fraction of sp³-hybridized carbons (Fsp3) is 0.889. The smallest absolute Gasteiger partial charge is 0.309 e. The van der Waals surface area contributed by atoms with E-state index in [-0.39, 0.29) is 40.2 Å². The van der Waals surface area contributed by atoms with Crippen LogP contribution in [0.2, 0.25) is 0 Å². The van der Waals surface area contributed by atoms with Crippen LogP contribution in [0, 0.1) is 62.1 Å². The SMILES string of the molecule is C[C@H]1[C@H](C)CCC2(C)CC[C@]3(C)C(=CC[C@@H]4[C@@]5(C)CC[C@H](OC(=O)CC(C)(C)C(=O)O)C(C)(C)[C@@H]5CC[C@]43C)[C@H]12. The van der Waals surface area contributed by atoms with E-state index in [9.17, 15) is 14.7 Å². The van der Waals surface area contributed by atoms with Gasteiger partial charge in [0.15, 0.2) is 0 Å². The van der Waals surface area contributed by atoms with E-state index in [1.165, 1.54) is 44.9 Å². The molecule has 0 heterocycles. The number of hydrogen-bond acceptors (Lipinski definition) is 3. The molecule has 0 amide bonds. The van der Waals surface area contributed by atoms with Crippen LogP contribution in [0.15, 0.2) is 11.6 Å². The molecule has 0 aromatic rings. The van der Waals surface area contributed by atoms with Gasteiger partial charge in [0.25, 0.3) is 0 Å². The summed E-state index contributed by atoms with van der Waals surface area (Å²) in [6.07, 6.45) is 13.5. The Morgan fingerprint density at radius 3 is 2.25 bits per heavy atom. The van der Waals surface area contributed by atoms with E-state index in [0.29, 0.717) is 17.3 Å². The molecule has 1 unspecified atom stereocenters. The van der Waals surface area contributed by atoms with Gasteiger partial charge in [0, 0.05) is 5.41 Å². The number of esters is 1. The highest BCUT2D eigenvalue weighted by atomic mass is 16.5. The van der Waals surface area contributed by atoms with Gasteiger partial charge in [-0.2, -0.15) is 0 Å². The van der Waals surface area contributed by atoms with E-state index < -0.39 is 11.4 Å². The van der Waals surface area contributed by atoms with Crippen molar-refractivity contribution in [3.8, 4) is 0 Å². The van der Waals surface area contributed by atoms with Gasteiger partial charge in [-0.15, -0.1) is 0 Å². The normalized spacial score (nSPS) is 48.0. The van der Waals surface area contributed by atoms with Gasteiger partial charge in [-0.1, -0.05) is 67.0 Å². The van der Waals surface area contributed by atoms with E-state index in [0.717, 1.165) is 30.6 Å². The molecule has 0 bridgehead atoms. The predicted octanol–water partition coefficient (Wildman–Crippen LogP) is 9.08. The Morgan fingerprint density at radius 2 is 1.60 bits per heavy atom. The van der Waals surface area contributed by atoms with Crippen LogP contribution in [0.5, 0.6) is 0 Å². The van der Waals surface area contributed by atoms with Crippen molar-refractivity contribution in [3.63, 3.8) is 0 Å². The molecule has 4 fully saturated rings. The van der Waals surface area contributed by atoms with Crippen LogP contribution < -0.4 is 0 Å². The van der Waals surface area contributed by atoms with Gasteiger partial charge in [0.2, 0.25) is 0 Å². The molecular weight excluding hydrogens is 496 g/mol. The summed E-state index contributed by atoms with van der Waals surface area (Å²) in [4.78, 5) is 24.5. The molecular formula is C36H58O4. The number of hydrogen-bond donors (Lipinski definition) is 1. The van der Waals surface area contributed by atoms with Crippen molar-refractivity contribution >= 4 is 11.9 Å². The lowest BCUT2D eigenvalue weighted by Crippen LogP contribution is -2.65. The molecule has 0 aliphatic heterocycles. The Morgan fingerprint density at radius 1 is 0.925 bits per heavy atom. The second kappa shape index (κ2) is 9.34. The Hall–Kier alpha value is -1.32. The van der Waals surface area contributed by atoms with Gasteiger partial charge in [-0.05, 0) is 123 Å². The second-order valence-corrected chi connectivity index (χ2v) is 17.5.